The minimum absolute atomic E-state index is 0.0418. The van der Waals surface area contributed by atoms with Gasteiger partial charge in [-0.2, -0.15) is 0 Å². The fourth-order valence-corrected chi connectivity index (χ4v) is 3.68. The smallest absolute Gasteiger partial charge is 0.336 e. The number of carboxylic acid groups (broad SMARTS) is 2. The summed E-state index contributed by atoms with van der Waals surface area (Å²) in [6.07, 6.45) is -1.09. The van der Waals surface area contributed by atoms with E-state index in [1.54, 1.807) is 36.4 Å². The SMILES string of the molecule is NC(=O)CN(Cc1ccccc1C(=O)O)CC(O)CN(CC(N)=O)Cc1ccccc1C(=O)O. The second-order valence-corrected chi connectivity index (χ2v) is 7.85. The van der Waals surface area contributed by atoms with Gasteiger partial charge in [0.25, 0.3) is 0 Å². The third kappa shape index (κ3) is 8.28. The van der Waals surface area contributed by atoms with Crippen LogP contribution < -0.4 is 11.5 Å². The van der Waals surface area contributed by atoms with E-state index in [0.717, 1.165) is 0 Å². The molecule has 0 aliphatic carbocycles. The van der Waals surface area contributed by atoms with E-state index in [-0.39, 0.29) is 50.4 Å². The highest BCUT2D eigenvalue weighted by Gasteiger charge is 2.21. The van der Waals surface area contributed by atoms with Gasteiger partial charge in [0, 0.05) is 26.2 Å². The van der Waals surface area contributed by atoms with Crippen LogP contribution in [-0.4, -0.2) is 81.2 Å². The van der Waals surface area contributed by atoms with E-state index < -0.39 is 29.9 Å². The number of aromatic carboxylic acids is 2. The van der Waals surface area contributed by atoms with E-state index in [1.165, 1.54) is 21.9 Å². The summed E-state index contributed by atoms with van der Waals surface area (Å²) in [5.41, 5.74) is 11.7. The van der Waals surface area contributed by atoms with Crippen LogP contribution in [0.3, 0.4) is 0 Å². The summed E-state index contributed by atoms with van der Waals surface area (Å²) in [6, 6.07) is 12.6. The van der Waals surface area contributed by atoms with Crippen LogP contribution >= 0.6 is 0 Å². The molecule has 0 fully saturated rings. The van der Waals surface area contributed by atoms with E-state index in [4.69, 9.17) is 11.5 Å². The highest BCUT2D eigenvalue weighted by Crippen LogP contribution is 2.15. The van der Waals surface area contributed by atoms with Gasteiger partial charge in [0.15, 0.2) is 0 Å². The lowest BCUT2D eigenvalue weighted by Crippen LogP contribution is -2.44. The van der Waals surface area contributed by atoms with Crippen LogP contribution in [0.4, 0.5) is 0 Å². The molecule has 0 aliphatic heterocycles. The van der Waals surface area contributed by atoms with E-state index in [2.05, 4.69) is 0 Å². The van der Waals surface area contributed by atoms with E-state index in [9.17, 15) is 34.5 Å². The number of nitrogens with zero attached hydrogens (tertiary/aromatic N) is 2. The third-order valence-electron chi connectivity index (χ3n) is 4.98. The van der Waals surface area contributed by atoms with Crippen LogP contribution in [0.1, 0.15) is 31.8 Å². The number of hydrogen-bond donors (Lipinski definition) is 5. The fraction of sp³-hybridized carbons (Fsp3) is 0.304. The van der Waals surface area contributed by atoms with Crippen LogP contribution in [0.25, 0.3) is 0 Å². The zero-order valence-corrected chi connectivity index (χ0v) is 18.5. The van der Waals surface area contributed by atoms with E-state index >= 15 is 0 Å². The number of aliphatic hydroxyl groups excluding tert-OH is 1. The average molecular weight is 472 g/mol. The van der Waals surface area contributed by atoms with Crippen LogP contribution in [0, 0.1) is 0 Å². The second-order valence-electron chi connectivity index (χ2n) is 7.85. The Kier molecular flexibility index (Phi) is 9.68. The summed E-state index contributed by atoms with van der Waals surface area (Å²) in [7, 11) is 0. The van der Waals surface area contributed by atoms with Crippen LogP contribution in [0.5, 0.6) is 0 Å². The first-order chi connectivity index (χ1) is 16.1. The molecule has 2 aromatic carbocycles. The lowest BCUT2D eigenvalue weighted by atomic mass is 10.1. The number of carboxylic acids is 2. The molecule has 0 radical (unpaired) electrons. The van der Waals surface area contributed by atoms with Gasteiger partial charge in [0.05, 0.1) is 30.3 Å². The summed E-state index contributed by atoms with van der Waals surface area (Å²) in [5.74, 6) is -3.58. The quantitative estimate of drug-likeness (QED) is 0.246. The molecule has 2 amide bonds. The number of primary amides is 2. The van der Waals surface area contributed by atoms with Gasteiger partial charge < -0.3 is 26.8 Å². The van der Waals surface area contributed by atoms with Crippen LogP contribution in [0.2, 0.25) is 0 Å². The largest absolute Gasteiger partial charge is 0.478 e. The first kappa shape index (κ1) is 26.5. The van der Waals surface area contributed by atoms with Crippen molar-refractivity contribution in [3.8, 4) is 0 Å². The molecule has 0 bridgehead atoms. The predicted octanol–water partition coefficient (Wildman–Crippen LogP) is -0.281. The molecule has 0 heterocycles. The third-order valence-corrected chi connectivity index (χ3v) is 4.98. The molecule has 2 aromatic rings. The molecule has 0 saturated carbocycles. The molecular weight excluding hydrogens is 444 g/mol. The van der Waals surface area contributed by atoms with E-state index in [1.807, 2.05) is 0 Å². The lowest BCUT2D eigenvalue weighted by Gasteiger charge is -2.28. The number of rotatable bonds is 14. The Bertz CT molecular complexity index is 962. The Morgan fingerprint density at radius 1 is 0.706 bits per heavy atom. The lowest BCUT2D eigenvalue weighted by molar-refractivity contribution is -0.119. The van der Waals surface area contributed by atoms with Gasteiger partial charge in [0.2, 0.25) is 11.8 Å². The molecule has 7 N–H and O–H groups in total. The maximum atomic E-state index is 11.6. The summed E-state index contributed by atoms with van der Waals surface area (Å²) in [4.78, 5) is 49.1. The Morgan fingerprint density at radius 2 is 1.06 bits per heavy atom. The van der Waals surface area contributed by atoms with Crippen molar-refractivity contribution in [2.24, 2.45) is 11.5 Å². The Morgan fingerprint density at radius 3 is 1.38 bits per heavy atom. The van der Waals surface area contributed by atoms with Gasteiger partial charge in [0.1, 0.15) is 0 Å². The molecule has 34 heavy (non-hydrogen) atoms. The molecule has 182 valence electrons. The van der Waals surface area contributed by atoms with Crippen LogP contribution in [0.15, 0.2) is 48.5 Å². The number of amides is 2. The Labute approximate surface area is 196 Å². The Balaban J connectivity index is 2.17. The van der Waals surface area contributed by atoms with Gasteiger partial charge in [-0.1, -0.05) is 36.4 Å². The molecule has 0 aliphatic rings. The fourth-order valence-electron chi connectivity index (χ4n) is 3.68. The van der Waals surface area contributed by atoms with Crippen molar-refractivity contribution in [1.29, 1.82) is 0 Å². The van der Waals surface area contributed by atoms with Crippen molar-refractivity contribution in [1.82, 2.24) is 9.80 Å². The number of nitrogens with two attached hydrogens (primary N) is 2. The minimum atomic E-state index is -1.13. The number of carbonyl (C=O) groups is 4. The molecule has 0 aromatic heterocycles. The zero-order chi connectivity index (χ0) is 25.3. The highest BCUT2D eigenvalue weighted by molar-refractivity contribution is 5.89. The summed E-state index contributed by atoms with van der Waals surface area (Å²) in [6.45, 7) is -0.509. The second kappa shape index (κ2) is 12.4. The summed E-state index contributed by atoms with van der Waals surface area (Å²) < 4.78 is 0. The highest BCUT2D eigenvalue weighted by atomic mass is 16.4. The van der Waals surface area contributed by atoms with E-state index in [0.29, 0.717) is 11.1 Å². The molecule has 11 nitrogen and oxygen atoms in total. The van der Waals surface area contributed by atoms with Gasteiger partial charge in [-0.3, -0.25) is 19.4 Å². The molecule has 2 rings (SSSR count). The van der Waals surface area contributed by atoms with Crippen molar-refractivity contribution in [3.63, 3.8) is 0 Å². The van der Waals surface area contributed by atoms with Gasteiger partial charge >= 0.3 is 11.9 Å². The van der Waals surface area contributed by atoms with Gasteiger partial charge in [-0.15, -0.1) is 0 Å². The average Bonchev–Trinajstić information content (AvgIpc) is 2.73. The maximum Gasteiger partial charge on any atom is 0.336 e. The van der Waals surface area contributed by atoms with Crippen molar-refractivity contribution in [2.45, 2.75) is 19.2 Å². The van der Waals surface area contributed by atoms with Gasteiger partial charge in [-0.25, -0.2) is 9.59 Å². The predicted molar refractivity (Wildman–Crippen MR) is 122 cm³/mol. The summed E-state index contributed by atoms with van der Waals surface area (Å²) in [5, 5.41) is 29.5. The number of carbonyl (C=O) groups excluding carboxylic acids is 2. The van der Waals surface area contributed by atoms with Crippen molar-refractivity contribution < 1.29 is 34.5 Å². The molecule has 11 heteroatoms. The summed E-state index contributed by atoms with van der Waals surface area (Å²) >= 11 is 0. The zero-order valence-electron chi connectivity index (χ0n) is 18.5. The van der Waals surface area contributed by atoms with Crippen molar-refractivity contribution >= 4 is 23.8 Å². The number of hydrogen-bond acceptors (Lipinski definition) is 7. The van der Waals surface area contributed by atoms with Gasteiger partial charge in [-0.05, 0) is 23.3 Å². The normalized spacial score (nSPS) is 11.2. The topological polar surface area (TPSA) is 187 Å². The number of benzene rings is 2. The molecular formula is C23H28N4O7. The standard InChI is InChI=1S/C23H28N4O7/c24-20(29)13-26(9-15-5-1-3-7-18(15)22(31)32)11-17(28)12-27(14-21(25)30)10-16-6-2-4-8-19(16)23(33)34/h1-8,17,28H,9-14H2,(H2,24,29)(H2,25,30)(H,31,32)(H,33,34). The molecule has 0 atom stereocenters. The van der Waals surface area contributed by atoms with Crippen molar-refractivity contribution in [3.05, 3.63) is 70.8 Å². The molecule has 0 spiro atoms. The van der Waals surface area contributed by atoms with Crippen molar-refractivity contribution in [2.75, 3.05) is 26.2 Å². The first-order valence-electron chi connectivity index (χ1n) is 10.4. The first-order valence-corrected chi connectivity index (χ1v) is 10.4. The Hall–Kier alpha value is -3.80. The molecule has 0 saturated heterocycles. The maximum absolute atomic E-state index is 11.6. The van der Waals surface area contributed by atoms with Crippen LogP contribution in [-0.2, 0) is 22.7 Å². The minimum Gasteiger partial charge on any atom is -0.478 e. The number of aliphatic hydroxyl groups is 1. The monoisotopic (exact) mass is 472 g/mol. The molecule has 0 unspecified atom stereocenters.